The summed E-state index contributed by atoms with van der Waals surface area (Å²) in [4.78, 5) is 2.14. The van der Waals surface area contributed by atoms with Crippen molar-refractivity contribution in [3.63, 3.8) is 0 Å². The van der Waals surface area contributed by atoms with Crippen molar-refractivity contribution in [2.45, 2.75) is 26.5 Å². The molecule has 7 heteroatoms. The molecule has 0 aliphatic rings. The van der Waals surface area contributed by atoms with Crippen LogP contribution in [0, 0.1) is 6.92 Å². The molecule has 0 radical (unpaired) electrons. The maximum absolute atomic E-state index is 9.97. The van der Waals surface area contributed by atoms with Gasteiger partial charge in [0.2, 0.25) is 5.88 Å². The van der Waals surface area contributed by atoms with Crippen LogP contribution in [-0.2, 0) is 11.3 Å². The van der Waals surface area contributed by atoms with Gasteiger partial charge in [-0.25, -0.2) is 4.68 Å². The number of aryl methyl sites for hydroxylation is 1. The van der Waals surface area contributed by atoms with E-state index in [1.165, 1.54) is 0 Å². The topological polar surface area (TPSA) is 69.0 Å². The lowest BCUT2D eigenvalue weighted by Gasteiger charge is -2.24. The number of nitrogens with zero attached hydrogens (tertiary/aromatic N) is 3. The van der Waals surface area contributed by atoms with Crippen molar-refractivity contribution < 1.29 is 19.3 Å². The maximum Gasteiger partial charge on any atom is 0.227 e. The summed E-state index contributed by atoms with van der Waals surface area (Å²) in [5.74, 6) is 1.88. The number of methoxy groups -OCH3 is 2. The zero-order chi connectivity index (χ0) is 22.2. The quantitative estimate of drug-likeness (QED) is 0.504. The predicted octanol–water partition coefficient (Wildman–Crippen LogP) is 3.81. The summed E-state index contributed by atoms with van der Waals surface area (Å²) >= 11 is 0. The van der Waals surface area contributed by atoms with Gasteiger partial charge < -0.3 is 19.3 Å². The normalized spacial score (nSPS) is 12.2. The van der Waals surface area contributed by atoms with Gasteiger partial charge >= 0.3 is 0 Å². The van der Waals surface area contributed by atoms with Crippen molar-refractivity contribution in [2.24, 2.45) is 0 Å². The smallest absolute Gasteiger partial charge is 0.227 e. The Kier molecular flexibility index (Phi) is 8.06. The molecule has 0 bridgehead atoms. The van der Waals surface area contributed by atoms with E-state index in [1.54, 1.807) is 21.1 Å². The van der Waals surface area contributed by atoms with Crippen molar-refractivity contribution in [2.75, 3.05) is 33.9 Å². The summed E-state index contributed by atoms with van der Waals surface area (Å²) in [6, 6.07) is 17.4. The number of para-hydroxylation sites is 3. The van der Waals surface area contributed by atoms with Crippen molar-refractivity contribution in [3.05, 3.63) is 65.9 Å². The predicted molar refractivity (Wildman–Crippen MR) is 120 cm³/mol. The molecular weight excluding hydrogens is 394 g/mol. The van der Waals surface area contributed by atoms with Crippen molar-refractivity contribution >= 4 is 0 Å². The zero-order valence-corrected chi connectivity index (χ0v) is 18.6. The van der Waals surface area contributed by atoms with Crippen LogP contribution in [-0.4, -0.2) is 59.8 Å². The van der Waals surface area contributed by atoms with Crippen LogP contribution in [0.2, 0.25) is 0 Å². The van der Waals surface area contributed by atoms with Crippen LogP contribution in [0.3, 0.4) is 0 Å². The molecular formula is C24H31N3O4. The Morgan fingerprint density at radius 3 is 2.35 bits per heavy atom. The summed E-state index contributed by atoms with van der Waals surface area (Å²) in [7, 11) is 3.30. The first kappa shape index (κ1) is 22.8. The van der Waals surface area contributed by atoms with E-state index in [0.717, 1.165) is 16.9 Å². The molecule has 1 unspecified atom stereocenters. The standard InChI is InChI=1S/C24H31N3O4/c1-18(28)16-26(14-15-29-3)17-21-19(2)25-27(20-10-6-5-7-11-20)24(21)31-23-13-9-8-12-22(23)30-4/h5-13,18,28H,14-17H2,1-4H3. The molecule has 1 heterocycles. The van der Waals surface area contributed by atoms with Gasteiger partial charge in [0.1, 0.15) is 0 Å². The van der Waals surface area contributed by atoms with Gasteiger partial charge in [-0.1, -0.05) is 30.3 Å². The van der Waals surface area contributed by atoms with Gasteiger partial charge in [0.25, 0.3) is 0 Å². The molecule has 166 valence electrons. The minimum atomic E-state index is -0.458. The number of hydrogen-bond acceptors (Lipinski definition) is 6. The second-order valence-corrected chi connectivity index (χ2v) is 7.45. The monoisotopic (exact) mass is 425 g/mol. The van der Waals surface area contributed by atoms with E-state index in [0.29, 0.717) is 43.6 Å². The number of ether oxygens (including phenoxy) is 3. The number of benzene rings is 2. The van der Waals surface area contributed by atoms with E-state index in [-0.39, 0.29) is 0 Å². The van der Waals surface area contributed by atoms with Crippen molar-refractivity contribution in [3.8, 4) is 23.1 Å². The molecule has 3 rings (SSSR count). The molecule has 1 aromatic heterocycles. The van der Waals surface area contributed by atoms with Crippen LogP contribution >= 0.6 is 0 Å². The van der Waals surface area contributed by atoms with E-state index in [4.69, 9.17) is 19.3 Å². The number of rotatable bonds is 11. The Labute approximate surface area is 183 Å². The second kappa shape index (κ2) is 10.9. The fourth-order valence-electron chi connectivity index (χ4n) is 3.43. The average Bonchev–Trinajstić information content (AvgIpc) is 3.07. The maximum atomic E-state index is 9.97. The molecule has 0 spiro atoms. The first-order valence-electron chi connectivity index (χ1n) is 10.4. The molecule has 2 aromatic carbocycles. The largest absolute Gasteiger partial charge is 0.493 e. The van der Waals surface area contributed by atoms with Crippen LogP contribution in [0.4, 0.5) is 0 Å². The lowest BCUT2D eigenvalue weighted by atomic mass is 10.2. The van der Waals surface area contributed by atoms with Crippen LogP contribution in [0.1, 0.15) is 18.2 Å². The molecule has 0 fully saturated rings. The highest BCUT2D eigenvalue weighted by Gasteiger charge is 2.22. The highest BCUT2D eigenvalue weighted by molar-refractivity contribution is 5.47. The average molecular weight is 426 g/mol. The third-order valence-corrected chi connectivity index (χ3v) is 4.93. The zero-order valence-electron chi connectivity index (χ0n) is 18.6. The summed E-state index contributed by atoms with van der Waals surface area (Å²) in [5, 5.41) is 14.7. The number of aromatic nitrogens is 2. The molecule has 0 saturated carbocycles. The van der Waals surface area contributed by atoms with E-state index >= 15 is 0 Å². The Hall–Kier alpha value is -2.87. The number of aliphatic hydroxyl groups excluding tert-OH is 1. The molecule has 7 nitrogen and oxygen atoms in total. The molecule has 3 aromatic rings. The minimum Gasteiger partial charge on any atom is -0.493 e. The van der Waals surface area contributed by atoms with Gasteiger partial charge in [-0.2, -0.15) is 5.10 Å². The van der Waals surface area contributed by atoms with Crippen LogP contribution in [0.5, 0.6) is 17.4 Å². The summed E-state index contributed by atoms with van der Waals surface area (Å²) in [6.45, 7) is 6.10. The molecule has 0 saturated heterocycles. The Morgan fingerprint density at radius 2 is 1.71 bits per heavy atom. The van der Waals surface area contributed by atoms with Crippen LogP contribution < -0.4 is 9.47 Å². The molecule has 31 heavy (non-hydrogen) atoms. The van der Waals surface area contributed by atoms with E-state index in [1.807, 2.05) is 66.2 Å². The van der Waals surface area contributed by atoms with E-state index < -0.39 is 6.10 Å². The lowest BCUT2D eigenvalue weighted by molar-refractivity contribution is 0.0934. The summed E-state index contributed by atoms with van der Waals surface area (Å²) in [5.41, 5.74) is 2.72. The molecule has 1 atom stereocenters. The molecule has 0 amide bonds. The number of hydrogen-bond donors (Lipinski definition) is 1. The van der Waals surface area contributed by atoms with Gasteiger partial charge in [-0.05, 0) is 38.1 Å². The molecule has 1 N–H and O–H groups in total. The highest BCUT2D eigenvalue weighted by Crippen LogP contribution is 2.35. The van der Waals surface area contributed by atoms with E-state index in [2.05, 4.69) is 4.90 Å². The fraction of sp³-hybridized carbons (Fsp3) is 0.375. The van der Waals surface area contributed by atoms with Gasteiger partial charge in [-0.15, -0.1) is 0 Å². The van der Waals surface area contributed by atoms with Gasteiger partial charge in [-0.3, -0.25) is 4.90 Å². The van der Waals surface area contributed by atoms with Gasteiger partial charge in [0.15, 0.2) is 11.5 Å². The highest BCUT2D eigenvalue weighted by atomic mass is 16.5. The first-order chi connectivity index (χ1) is 15.0. The fourth-order valence-corrected chi connectivity index (χ4v) is 3.43. The molecule has 0 aliphatic carbocycles. The van der Waals surface area contributed by atoms with Crippen LogP contribution in [0.25, 0.3) is 5.69 Å². The summed E-state index contributed by atoms with van der Waals surface area (Å²) < 4.78 is 19.0. The lowest BCUT2D eigenvalue weighted by Crippen LogP contribution is -2.33. The van der Waals surface area contributed by atoms with Crippen molar-refractivity contribution in [1.82, 2.24) is 14.7 Å². The second-order valence-electron chi connectivity index (χ2n) is 7.45. The van der Waals surface area contributed by atoms with Crippen LogP contribution in [0.15, 0.2) is 54.6 Å². The first-order valence-corrected chi connectivity index (χ1v) is 10.4. The minimum absolute atomic E-state index is 0.458. The van der Waals surface area contributed by atoms with E-state index in [9.17, 15) is 5.11 Å². The SMILES string of the molecule is COCCN(Cc1c(C)nn(-c2ccccc2)c1Oc1ccccc1OC)CC(C)O. The Bertz CT molecular complexity index is 957. The third-order valence-electron chi connectivity index (χ3n) is 4.93. The van der Waals surface area contributed by atoms with Gasteiger partial charge in [0, 0.05) is 26.7 Å². The summed E-state index contributed by atoms with van der Waals surface area (Å²) in [6.07, 6.45) is -0.458. The Balaban J connectivity index is 2.04. The number of aliphatic hydroxyl groups is 1. The van der Waals surface area contributed by atoms with Gasteiger partial charge in [0.05, 0.1) is 36.8 Å². The van der Waals surface area contributed by atoms with Crippen molar-refractivity contribution in [1.29, 1.82) is 0 Å². The molecule has 0 aliphatic heterocycles. The third kappa shape index (κ3) is 5.85. The Morgan fingerprint density at radius 1 is 1.03 bits per heavy atom.